The summed E-state index contributed by atoms with van der Waals surface area (Å²) in [5, 5.41) is 3.29. The molecule has 0 saturated carbocycles. The lowest BCUT2D eigenvalue weighted by atomic mass is 10.1. The van der Waals surface area contributed by atoms with Gasteiger partial charge in [0, 0.05) is 24.8 Å². The molecule has 13 heavy (non-hydrogen) atoms. The van der Waals surface area contributed by atoms with Crippen molar-refractivity contribution in [3.05, 3.63) is 27.6 Å². The number of halogens is 1. The predicted octanol–water partition coefficient (Wildman–Crippen LogP) is 1.35. The summed E-state index contributed by atoms with van der Waals surface area (Å²) in [6.45, 7) is 2.63. The molecule has 1 atom stereocenters. The van der Waals surface area contributed by atoms with Crippen LogP contribution in [0, 0.1) is 3.70 Å². The fourth-order valence-corrected chi connectivity index (χ4v) is 1.68. The van der Waals surface area contributed by atoms with Crippen LogP contribution in [0.3, 0.4) is 0 Å². The van der Waals surface area contributed by atoms with Gasteiger partial charge in [-0.2, -0.15) is 0 Å². The van der Waals surface area contributed by atoms with Gasteiger partial charge in [-0.25, -0.2) is 4.98 Å². The molecule has 1 N–H and O–H groups in total. The van der Waals surface area contributed by atoms with Crippen LogP contribution in [-0.4, -0.2) is 24.7 Å². The molecule has 3 nitrogen and oxygen atoms in total. The van der Waals surface area contributed by atoms with Crippen molar-refractivity contribution in [1.82, 2.24) is 10.3 Å². The first-order valence-electron chi connectivity index (χ1n) is 4.30. The molecule has 1 aliphatic heterocycles. The van der Waals surface area contributed by atoms with E-state index in [2.05, 4.69) is 39.0 Å². The highest BCUT2D eigenvalue weighted by Crippen LogP contribution is 2.17. The maximum atomic E-state index is 5.60. The third-order valence-corrected chi connectivity index (χ3v) is 2.69. The number of aromatic nitrogens is 1. The normalized spacial score (nSPS) is 23.0. The second kappa shape index (κ2) is 4.34. The third kappa shape index (κ3) is 2.38. The first-order valence-corrected chi connectivity index (χ1v) is 5.38. The Bertz CT molecular complexity index is 269. The van der Waals surface area contributed by atoms with E-state index >= 15 is 0 Å². The summed E-state index contributed by atoms with van der Waals surface area (Å²) in [4.78, 5) is 4.23. The van der Waals surface area contributed by atoms with E-state index in [1.807, 2.05) is 12.3 Å². The van der Waals surface area contributed by atoms with Crippen molar-refractivity contribution < 1.29 is 4.74 Å². The van der Waals surface area contributed by atoms with Crippen molar-refractivity contribution in [1.29, 1.82) is 0 Å². The second-order valence-electron chi connectivity index (χ2n) is 2.98. The molecule has 70 valence electrons. The van der Waals surface area contributed by atoms with Crippen LogP contribution in [-0.2, 0) is 4.74 Å². The van der Waals surface area contributed by atoms with Gasteiger partial charge >= 0.3 is 0 Å². The Morgan fingerprint density at radius 2 is 2.46 bits per heavy atom. The Balaban J connectivity index is 2.10. The van der Waals surface area contributed by atoms with E-state index in [1.165, 1.54) is 0 Å². The summed E-state index contributed by atoms with van der Waals surface area (Å²) >= 11 is 2.20. The Hall–Kier alpha value is -0.200. The zero-order chi connectivity index (χ0) is 9.10. The quantitative estimate of drug-likeness (QED) is 0.626. The van der Waals surface area contributed by atoms with Crippen molar-refractivity contribution in [2.45, 2.75) is 6.10 Å². The Kier molecular flexibility index (Phi) is 3.13. The van der Waals surface area contributed by atoms with E-state index in [4.69, 9.17) is 4.74 Å². The summed E-state index contributed by atoms with van der Waals surface area (Å²) in [7, 11) is 0. The second-order valence-corrected chi connectivity index (χ2v) is 4.08. The Morgan fingerprint density at radius 1 is 1.54 bits per heavy atom. The summed E-state index contributed by atoms with van der Waals surface area (Å²) in [5.41, 5.74) is 1.16. The molecule has 0 aromatic carbocycles. The molecule has 4 heteroatoms. The molecule has 1 aliphatic rings. The summed E-state index contributed by atoms with van der Waals surface area (Å²) in [6.07, 6.45) is 2.07. The molecule has 1 fully saturated rings. The number of nitrogens with one attached hydrogen (secondary N) is 1. The van der Waals surface area contributed by atoms with E-state index in [0.717, 1.165) is 29.0 Å². The number of hydrogen-bond acceptors (Lipinski definition) is 3. The molecule has 2 rings (SSSR count). The van der Waals surface area contributed by atoms with Gasteiger partial charge in [0.15, 0.2) is 0 Å². The minimum absolute atomic E-state index is 0.179. The maximum Gasteiger partial charge on any atom is 0.101 e. The largest absolute Gasteiger partial charge is 0.371 e. The van der Waals surface area contributed by atoms with Crippen molar-refractivity contribution in [2.24, 2.45) is 0 Å². The molecule has 1 aromatic heterocycles. The van der Waals surface area contributed by atoms with Crippen LogP contribution in [0.25, 0.3) is 0 Å². The lowest BCUT2D eigenvalue weighted by molar-refractivity contribution is 0.0275. The average molecular weight is 290 g/mol. The molecule has 0 aliphatic carbocycles. The lowest BCUT2D eigenvalue weighted by Gasteiger charge is -2.23. The number of rotatable bonds is 1. The van der Waals surface area contributed by atoms with Crippen molar-refractivity contribution in [3.8, 4) is 0 Å². The highest BCUT2D eigenvalue weighted by Gasteiger charge is 2.15. The summed E-state index contributed by atoms with van der Waals surface area (Å²) in [5.74, 6) is 0. The fraction of sp³-hybridized carbons (Fsp3) is 0.444. The van der Waals surface area contributed by atoms with Crippen molar-refractivity contribution in [2.75, 3.05) is 19.7 Å². The van der Waals surface area contributed by atoms with Gasteiger partial charge in [-0.15, -0.1) is 0 Å². The van der Waals surface area contributed by atoms with E-state index in [-0.39, 0.29) is 6.10 Å². The van der Waals surface area contributed by atoms with Gasteiger partial charge in [0.1, 0.15) is 3.70 Å². The van der Waals surface area contributed by atoms with Gasteiger partial charge in [0.25, 0.3) is 0 Å². The van der Waals surface area contributed by atoms with Gasteiger partial charge in [0.05, 0.1) is 12.7 Å². The highest BCUT2D eigenvalue weighted by molar-refractivity contribution is 14.1. The maximum absolute atomic E-state index is 5.60. The third-order valence-electron chi connectivity index (χ3n) is 2.05. The first kappa shape index (κ1) is 9.36. The first-order chi connectivity index (χ1) is 6.36. The lowest BCUT2D eigenvalue weighted by Crippen LogP contribution is -2.33. The van der Waals surface area contributed by atoms with Crippen LogP contribution in [0.1, 0.15) is 11.7 Å². The van der Waals surface area contributed by atoms with Gasteiger partial charge in [-0.05, 0) is 28.7 Å². The number of morpholine rings is 1. The standard InChI is InChI=1S/C9H11IN2O/c10-9-2-1-7(5-12-9)8-6-11-3-4-13-8/h1-2,5,8,11H,3-4,6H2/t8-/m1/s1. The topological polar surface area (TPSA) is 34.1 Å². The van der Waals surface area contributed by atoms with Crippen LogP contribution in [0.15, 0.2) is 18.3 Å². The molecule has 0 bridgehead atoms. The fourth-order valence-electron chi connectivity index (χ4n) is 1.36. The summed E-state index contributed by atoms with van der Waals surface area (Å²) in [6, 6.07) is 4.08. The number of nitrogens with zero attached hydrogens (tertiary/aromatic N) is 1. The number of hydrogen-bond donors (Lipinski definition) is 1. The summed E-state index contributed by atoms with van der Waals surface area (Å²) < 4.78 is 6.62. The molecule has 1 aromatic rings. The number of ether oxygens (including phenoxy) is 1. The minimum atomic E-state index is 0.179. The monoisotopic (exact) mass is 290 g/mol. The van der Waals surface area contributed by atoms with Crippen LogP contribution < -0.4 is 5.32 Å². The van der Waals surface area contributed by atoms with Gasteiger partial charge < -0.3 is 10.1 Å². The van der Waals surface area contributed by atoms with E-state index in [1.54, 1.807) is 0 Å². The SMILES string of the molecule is Ic1ccc([C@H]2CNCCO2)cn1. The molecular weight excluding hydrogens is 279 g/mol. The Labute approximate surface area is 91.0 Å². The Morgan fingerprint density at radius 3 is 3.08 bits per heavy atom. The average Bonchev–Trinajstić information content (AvgIpc) is 2.20. The van der Waals surface area contributed by atoms with Crippen molar-refractivity contribution in [3.63, 3.8) is 0 Å². The van der Waals surface area contributed by atoms with Gasteiger partial charge in [-0.1, -0.05) is 6.07 Å². The van der Waals surface area contributed by atoms with E-state index in [9.17, 15) is 0 Å². The van der Waals surface area contributed by atoms with Crippen LogP contribution in [0.4, 0.5) is 0 Å². The molecule has 1 saturated heterocycles. The molecule has 0 radical (unpaired) electrons. The van der Waals surface area contributed by atoms with Crippen LogP contribution >= 0.6 is 22.6 Å². The van der Waals surface area contributed by atoms with E-state index < -0.39 is 0 Å². The molecule has 0 unspecified atom stereocenters. The highest BCUT2D eigenvalue weighted by atomic mass is 127. The van der Waals surface area contributed by atoms with Gasteiger partial charge in [-0.3, -0.25) is 0 Å². The molecular formula is C9H11IN2O. The predicted molar refractivity (Wildman–Crippen MR) is 58.5 cm³/mol. The zero-order valence-electron chi connectivity index (χ0n) is 7.16. The van der Waals surface area contributed by atoms with Gasteiger partial charge in [0.2, 0.25) is 0 Å². The zero-order valence-corrected chi connectivity index (χ0v) is 9.32. The van der Waals surface area contributed by atoms with Crippen LogP contribution in [0.2, 0.25) is 0 Å². The smallest absolute Gasteiger partial charge is 0.101 e. The minimum Gasteiger partial charge on any atom is -0.371 e. The van der Waals surface area contributed by atoms with Crippen LogP contribution in [0.5, 0.6) is 0 Å². The molecule has 2 heterocycles. The van der Waals surface area contributed by atoms with E-state index in [0.29, 0.717) is 0 Å². The molecule has 0 spiro atoms. The number of pyridine rings is 1. The van der Waals surface area contributed by atoms with Crippen molar-refractivity contribution >= 4 is 22.6 Å². The molecule has 0 amide bonds.